The van der Waals surface area contributed by atoms with E-state index in [0.29, 0.717) is 24.1 Å². The number of methoxy groups -OCH3 is 1. The summed E-state index contributed by atoms with van der Waals surface area (Å²) in [6, 6.07) is 4.76. The van der Waals surface area contributed by atoms with Gasteiger partial charge in [0.05, 0.1) is 13.7 Å². The molecule has 0 radical (unpaired) electrons. The molecule has 1 aromatic rings. The van der Waals surface area contributed by atoms with E-state index in [4.69, 9.17) is 4.74 Å². The molecule has 1 aromatic carbocycles. The van der Waals surface area contributed by atoms with Crippen molar-refractivity contribution in [3.8, 4) is 5.75 Å². The molecule has 1 atom stereocenters. The maximum Gasteiger partial charge on any atom is 0.176 e. The molecular weight excluding hydrogens is 245 g/mol. The minimum atomic E-state index is -0.494. The van der Waals surface area contributed by atoms with Gasteiger partial charge in [-0.2, -0.15) is 0 Å². The molecule has 0 heterocycles. The second-order valence-corrected chi connectivity index (χ2v) is 5.27. The maximum atomic E-state index is 13.6. The van der Waals surface area contributed by atoms with Crippen LogP contribution in [0.5, 0.6) is 5.75 Å². The van der Waals surface area contributed by atoms with Crippen molar-refractivity contribution >= 4 is 5.78 Å². The van der Waals surface area contributed by atoms with Crippen LogP contribution >= 0.6 is 0 Å². The summed E-state index contributed by atoms with van der Waals surface area (Å²) in [5, 5.41) is 0. The molecule has 1 aliphatic rings. The lowest BCUT2D eigenvalue weighted by molar-refractivity contribution is 0.0916. The zero-order valence-electron chi connectivity index (χ0n) is 11.6. The van der Waals surface area contributed by atoms with Crippen LogP contribution in [0.15, 0.2) is 18.2 Å². The van der Waals surface area contributed by atoms with Crippen LogP contribution in [0.25, 0.3) is 0 Å². The standard InChI is InChI=1S/C15H20FNO2/c1-10(11-4-5-11)17(2)9-14(18)12-6-7-15(19-3)13(16)8-12/h6-8,10-11H,4-5,9H2,1-3H3. The third-order valence-corrected chi connectivity index (χ3v) is 3.87. The molecule has 19 heavy (non-hydrogen) atoms. The van der Waals surface area contributed by atoms with E-state index in [2.05, 4.69) is 6.92 Å². The SMILES string of the molecule is COc1ccc(C(=O)CN(C)C(C)C2CC2)cc1F. The lowest BCUT2D eigenvalue weighted by atomic mass is 10.1. The number of nitrogens with zero attached hydrogens (tertiary/aromatic N) is 1. The molecule has 0 aromatic heterocycles. The molecule has 0 bridgehead atoms. The van der Waals surface area contributed by atoms with E-state index in [9.17, 15) is 9.18 Å². The van der Waals surface area contributed by atoms with E-state index >= 15 is 0 Å². The van der Waals surface area contributed by atoms with Crippen molar-refractivity contribution in [3.05, 3.63) is 29.6 Å². The van der Waals surface area contributed by atoms with Crippen LogP contribution in [-0.4, -0.2) is 37.4 Å². The second kappa shape index (κ2) is 5.70. The predicted molar refractivity (Wildman–Crippen MR) is 72.1 cm³/mol. The molecule has 4 heteroatoms. The molecule has 0 spiro atoms. The van der Waals surface area contributed by atoms with E-state index in [0.717, 1.165) is 0 Å². The van der Waals surface area contributed by atoms with E-state index in [-0.39, 0.29) is 11.5 Å². The first-order chi connectivity index (χ1) is 9.02. The fourth-order valence-electron chi connectivity index (χ4n) is 2.24. The molecule has 0 amide bonds. The number of benzene rings is 1. The molecule has 1 fully saturated rings. The molecule has 1 aliphatic carbocycles. The average Bonchev–Trinajstić information content (AvgIpc) is 3.21. The number of halogens is 1. The summed E-state index contributed by atoms with van der Waals surface area (Å²) in [4.78, 5) is 14.1. The lowest BCUT2D eigenvalue weighted by Crippen LogP contribution is -2.35. The highest BCUT2D eigenvalue weighted by molar-refractivity contribution is 5.97. The minimum absolute atomic E-state index is 0.0587. The summed E-state index contributed by atoms with van der Waals surface area (Å²) >= 11 is 0. The number of ketones is 1. The number of ether oxygens (including phenoxy) is 1. The maximum absolute atomic E-state index is 13.6. The van der Waals surface area contributed by atoms with Gasteiger partial charge in [0, 0.05) is 11.6 Å². The highest BCUT2D eigenvalue weighted by Gasteiger charge is 2.31. The first kappa shape index (κ1) is 14.0. The van der Waals surface area contributed by atoms with Gasteiger partial charge in [-0.05, 0) is 50.9 Å². The van der Waals surface area contributed by atoms with Gasteiger partial charge in [0.15, 0.2) is 17.3 Å². The molecule has 104 valence electrons. The third kappa shape index (κ3) is 3.32. The number of carbonyl (C=O) groups is 1. The van der Waals surface area contributed by atoms with Crippen LogP contribution in [0.2, 0.25) is 0 Å². The lowest BCUT2D eigenvalue weighted by Gasteiger charge is -2.23. The molecule has 3 nitrogen and oxygen atoms in total. The minimum Gasteiger partial charge on any atom is -0.494 e. The molecular formula is C15H20FNO2. The van der Waals surface area contributed by atoms with Crippen LogP contribution in [0.3, 0.4) is 0 Å². The number of likely N-dealkylation sites (N-methyl/N-ethyl adjacent to an activating group) is 1. The second-order valence-electron chi connectivity index (χ2n) is 5.27. The van der Waals surface area contributed by atoms with Crippen molar-refractivity contribution in [2.24, 2.45) is 5.92 Å². The normalized spacial score (nSPS) is 16.5. The van der Waals surface area contributed by atoms with E-state index in [1.54, 1.807) is 6.07 Å². The fourth-order valence-corrected chi connectivity index (χ4v) is 2.24. The molecule has 0 N–H and O–H groups in total. The van der Waals surface area contributed by atoms with Crippen LogP contribution in [0.1, 0.15) is 30.1 Å². The molecule has 1 unspecified atom stereocenters. The predicted octanol–water partition coefficient (Wildman–Crippen LogP) is 2.75. The monoisotopic (exact) mass is 265 g/mol. The van der Waals surface area contributed by atoms with Gasteiger partial charge in [0.1, 0.15) is 0 Å². The van der Waals surface area contributed by atoms with Crippen LogP contribution in [0, 0.1) is 11.7 Å². The van der Waals surface area contributed by atoms with Crippen molar-refractivity contribution in [3.63, 3.8) is 0 Å². The Kier molecular flexibility index (Phi) is 4.20. The molecule has 2 rings (SSSR count). The van der Waals surface area contributed by atoms with Gasteiger partial charge in [-0.15, -0.1) is 0 Å². The van der Waals surface area contributed by atoms with Gasteiger partial charge in [-0.1, -0.05) is 0 Å². The fraction of sp³-hybridized carbons (Fsp3) is 0.533. The number of hydrogen-bond donors (Lipinski definition) is 0. The largest absolute Gasteiger partial charge is 0.494 e. The Hall–Kier alpha value is -1.42. The van der Waals surface area contributed by atoms with Crippen LogP contribution < -0.4 is 4.74 Å². The Bertz CT molecular complexity index is 471. The van der Waals surface area contributed by atoms with Crippen LogP contribution in [0.4, 0.5) is 4.39 Å². The number of Topliss-reactive ketones (excluding diaryl/α,β-unsaturated/α-hetero) is 1. The van der Waals surface area contributed by atoms with Crippen molar-refractivity contribution in [1.29, 1.82) is 0 Å². The first-order valence-corrected chi connectivity index (χ1v) is 6.60. The highest BCUT2D eigenvalue weighted by atomic mass is 19.1. The van der Waals surface area contributed by atoms with Crippen molar-refractivity contribution in [2.45, 2.75) is 25.8 Å². The van der Waals surface area contributed by atoms with Gasteiger partial charge in [-0.3, -0.25) is 9.69 Å². The van der Waals surface area contributed by atoms with Crippen LogP contribution in [-0.2, 0) is 0 Å². The van der Waals surface area contributed by atoms with Gasteiger partial charge < -0.3 is 4.74 Å². The number of hydrogen-bond acceptors (Lipinski definition) is 3. The Labute approximate surface area is 113 Å². The van der Waals surface area contributed by atoms with E-state index in [1.807, 2.05) is 11.9 Å². The highest BCUT2D eigenvalue weighted by Crippen LogP contribution is 2.34. The van der Waals surface area contributed by atoms with E-state index < -0.39 is 5.82 Å². The quantitative estimate of drug-likeness (QED) is 0.741. The van der Waals surface area contributed by atoms with Gasteiger partial charge in [0.2, 0.25) is 0 Å². The number of rotatable bonds is 6. The molecule has 0 aliphatic heterocycles. The van der Waals surface area contributed by atoms with Crippen molar-refractivity contribution in [2.75, 3.05) is 20.7 Å². The Morgan fingerprint density at radius 3 is 2.74 bits per heavy atom. The topological polar surface area (TPSA) is 29.5 Å². The van der Waals surface area contributed by atoms with Gasteiger partial charge >= 0.3 is 0 Å². The summed E-state index contributed by atoms with van der Waals surface area (Å²) in [5.74, 6) is 0.324. The Balaban J connectivity index is 2.00. The Morgan fingerprint density at radius 2 is 2.21 bits per heavy atom. The zero-order valence-corrected chi connectivity index (χ0v) is 11.6. The van der Waals surface area contributed by atoms with Crippen molar-refractivity contribution < 1.29 is 13.9 Å². The summed E-state index contributed by atoms with van der Waals surface area (Å²) in [6.07, 6.45) is 2.49. The number of carbonyl (C=O) groups excluding carboxylic acids is 1. The average molecular weight is 265 g/mol. The smallest absolute Gasteiger partial charge is 0.176 e. The van der Waals surface area contributed by atoms with Gasteiger partial charge in [0.25, 0.3) is 0 Å². The summed E-state index contributed by atoms with van der Waals surface area (Å²) < 4.78 is 18.4. The van der Waals surface area contributed by atoms with E-state index in [1.165, 1.54) is 32.1 Å². The molecule has 0 saturated heterocycles. The Morgan fingerprint density at radius 1 is 1.53 bits per heavy atom. The summed E-state index contributed by atoms with van der Waals surface area (Å²) in [6.45, 7) is 2.46. The van der Waals surface area contributed by atoms with Crippen molar-refractivity contribution in [1.82, 2.24) is 4.90 Å². The van der Waals surface area contributed by atoms with Gasteiger partial charge in [-0.25, -0.2) is 4.39 Å². The first-order valence-electron chi connectivity index (χ1n) is 6.60. The third-order valence-electron chi connectivity index (χ3n) is 3.87. The zero-order chi connectivity index (χ0) is 14.0. The summed E-state index contributed by atoms with van der Waals surface area (Å²) in [7, 11) is 3.35. The summed E-state index contributed by atoms with van der Waals surface area (Å²) in [5.41, 5.74) is 0.396. The molecule has 1 saturated carbocycles.